The molecule has 0 aliphatic carbocycles. The molecule has 0 atom stereocenters. The second-order valence-electron chi connectivity index (χ2n) is 8.57. The van der Waals surface area contributed by atoms with Gasteiger partial charge < -0.3 is 10.2 Å². The van der Waals surface area contributed by atoms with Gasteiger partial charge in [0.15, 0.2) is 0 Å². The van der Waals surface area contributed by atoms with Gasteiger partial charge in [0.1, 0.15) is 11.5 Å². The number of likely N-dealkylation sites (tertiary alicyclic amines) is 1. The van der Waals surface area contributed by atoms with E-state index in [0.29, 0.717) is 18.2 Å². The summed E-state index contributed by atoms with van der Waals surface area (Å²) in [5.74, 6) is 1.06. The summed E-state index contributed by atoms with van der Waals surface area (Å²) in [7, 11) is 0. The number of benzene rings is 2. The van der Waals surface area contributed by atoms with Crippen LogP contribution in [0.25, 0.3) is 11.1 Å². The number of phenolic OH excluding ortho intramolecular Hbond substituents is 2. The first-order chi connectivity index (χ1) is 16.2. The number of piperidine rings is 1. The Kier molecular flexibility index (Phi) is 6.04. The van der Waals surface area contributed by atoms with Gasteiger partial charge in [-0.2, -0.15) is 0 Å². The zero-order valence-corrected chi connectivity index (χ0v) is 18.4. The molecule has 0 spiro atoms. The van der Waals surface area contributed by atoms with Crippen molar-refractivity contribution < 1.29 is 10.2 Å². The van der Waals surface area contributed by atoms with Gasteiger partial charge in [-0.05, 0) is 61.7 Å². The Morgan fingerprint density at radius 3 is 2.52 bits per heavy atom. The Labute approximate surface area is 193 Å². The molecule has 168 valence electrons. The van der Waals surface area contributed by atoms with Gasteiger partial charge in [0.05, 0.1) is 24.1 Å². The lowest BCUT2D eigenvalue weighted by Gasteiger charge is -2.31. The molecular formula is C26H27N5O2. The molecule has 33 heavy (non-hydrogen) atoms. The SMILES string of the molecule is Oc1cccc(C2CCN(Cc3cn(Cc4ncccc4-c4ccccc4O)nn3)CC2)c1. The Hall–Kier alpha value is -3.71. The van der Waals surface area contributed by atoms with Crippen LogP contribution < -0.4 is 0 Å². The number of aromatic nitrogens is 4. The van der Waals surface area contributed by atoms with Crippen LogP contribution in [0.5, 0.6) is 11.5 Å². The highest BCUT2D eigenvalue weighted by molar-refractivity contribution is 5.71. The van der Waals surface area contributed by atoms with Crippen LogP contribution in [0.4, 0.5) is 0 Å². The minimum atomic E-state index is 0.236. The maximum absolute atomic E-state index is 10.3. The molecule has 5 rings (SSSR count). The topological polar surface area (TPSA) is 87.3 Å². The molecule has 2 aromatic heterocycles. The van der Waals surface area contributed by atoms with Crippen LogP contribution in [-0.2, 0) is 13.1 Å². The Morgan fingerprint density at radius 2 is 1.70 bits per heavy atom. The van der Waals surface area contributed by atoms with E-state index >= 15 is 0 Å². The van der Waals surface area contributed by atoms with Gasteiger partial charge in [-0.1, -0.05) is 41.6 Å². The summed E-state index contributed by atoms with van der Waals surface area (Å²) in [6, 6.07) is 18.8. The number of para-hydroxylation sites is 1. The zero-order chi connectivity index (χ0) is 22.6. The molecule has 4 aromatic rings. The predicted molar refractivity (Wildman–Crippen MR) is 126 cm³/mol. The van der Waals surface area contributed by atoms with E-state index in [1.165, 1.54) is 5.56 Å². The highest BCUT2D eigenvalue weighted by Gasteiger charge is 2.21. The molecule has 0 saturated carbocycles. The fraction of sp³-hybridized carbons (Fsp3) is 0.269. The molecule has 1 saturated heterocycles. The summed E-state index contributed by atoms with van der Waals surface area (Å²) in [6.07, 6.45) is 5.86. The van der Waals surface area contributed by atoms with Gasteiger partial charge in [0.2, 0.25) is 0 Å². The molecule has 7 nitrogen and oxygen atoms in total. The lowest BCUT2D eigenvalue weighted by Crippen LogP contribution is -2.32. The van der Waals surface area contributed by atoms with Crippen LogP contribution in [0.2, 0.25) is 0 Å². The monoisotopic (exact) mass is 441 g/mol. The van der Waals surface area contributed by atoms with Crippen molar-refractivity contribution >= 4 is 0 Å². The Morgan fingerprint density at radius 1 is 0.879 bits per heavy atom. The second-order valence-corrected chi connectivity index (χ2v) is 8.57. The normalized spacial score (nSPS) is 15.0. The van der Waals surface area contributed by atoms with E-state index in [0.717, 1.165) is 55.0 Å². The molecule has 0 amide bonds. The molecule has 3 heterocycles. The quantitative estimate of drug-likeness (QED) is 0.467. The van der Waals surface area contributed by atoms with Crippen molar-refractivity contribution in [2.75, 3.05) is 13.1 Å². The summed E-state index contributed by atoms with van der Waals surface area (Å²) >= 11 is 0. The summed E-state index contributed by atoms with van der Waals surface area (Å²) < 4.78 is 1.81. The molecule has 1 fully saturated rings. The van der Waals surface area contributed by atoms with Crippen LogP contribution in [0.15, 0.2) is 73.1 Å². The second kappa shape index (κ2) is 9.42. The van der Waals surface area contributed by atoms with E-state index in [1.807, 2.05) is 48.7 Å². The van der Waals surface area contributed by atoms with Gasteiger partial charge in [0.25, 0.3) is 0 Å². The number of aromatic hydroxyl groups is 2. The number of phenols is 2. The molecule has 2 N–H and O–H groups in total. The standard InChI is InChI=1S/C26H27N5O2/c32-22-6-3-5-20(15-22)19-10-13-30(14-11-19)16-21-17-31(29-28-21)18-25-23(8-4-12-27-25)24-7-1-2-9-26(24)33/h1-9,12,15,17,19,32-33H,10-11,13-14,16,18H2. The minimum absolute atomic E-state index is 0.236. The van der Waals surface area contributed by atoms with Gasteiger partial charge >= 0.3 is 0 Å². The molecular weight excluding hydrogens is 414 g/mol. The van der Waals surface area contributed by atoms with Crippen molar-refractivity contribution in [2.45, 2.75) is 31.8 Å². The van der Waals surface area contributed by atoms with Crippen molar-refractivity contribution in [1.29, 1.82) is 0 Å². The average Bonchev–Trinajstić information content (AvgIpc) is 3.27. The molecule has 1 aliphatic rings. The fourth-order valence-electron chi connectivity index (χ4n) is 4.58. The largest absolute Gasteiger partial charge is 0.508 e. The average molecular weight is 442 g/mol. The smallest absolute Gasteiger partial charge is 0.123 e. The van der Waals surface area contributed by atoms with Crippen LogP contribution in [-0.4, -0.2) is 48.2 Å². The van der Waals surface area contributed by atoms with Crippen molar-refractivity contribution in [3.8, 4) is 22.6 Å². The Bertz CT molecular complexity index is 1230. The first kappa shape index (κ1) is 21.2. The third kappa shape index (κ3) is 4.88. The zero-order valence-electron chi connectivity index (χ0n) is 18.4. The molecule has 0 bridgehead atoms. The van der Waals surface area contributed by atoms with Crippen molar-refractivity contribution in [2.24, 2.45) is 0 Å². The lowest BCUT2D eigenvalue weighted by atomic mass is 9.89. The van der Waals surface area contributed by atoms with E-state index in [-0.39, 0.29) is 5.75 Å². The van der Waals surface area contributed by atoms with Crippen LogP contribution in [0, 0.1) is 0 Å². The first-order valence-electron chi connectivity index (χ1n) is 11.3. The summed E-state index contributed by atoms with van der Waals surface area (Å²) in [5.41, 5.74) is 4.64. The maximum atomic E-state index is 10.3. The van der Waals surface area contributed by atoms with Crippen LogP contribution in [0.3, 0.4) is 0 Å². The summed E-state index contributed by atoms with van der Waals surface area (Å²) in [4.78, 5) is 6.94. The summed E-state index contributed by atoms with van der Waals surface area (Å²) in [5, 5.41) is 28.7. The predicted octanol–water partition coefficient (Wildman–Crippen LogP) is 4.18. The third-order valence-electron chi connectivity index (χ3n) is 6.30. The first-order valence-corrected chi connectivity index (χ1v) is 11.3. The molecule has 0 radical (unpaired) electrons. The van der Waals surface area contributed by atoms with Crippen molar-refractivity contribution in [3.63, 3.8) is 0 Å². The number of rotatable bonds is 6. The Balaban J connectivity index is 1.22. The number of pyridine rings is 1. The van der Waals surface area contributed by atoms with E-state index in [1.54, 1.807) is 23.0 Å². The maximum Gasteiger partial charge on any atom is 0.123 e. The van der Waals surface area contributed by atoms with E-state index < -0.39 is 0 Å². The van der Waals surface area contributed by atoms with Crippen LogP contribution >= 0.6 is 0 Å². The van der Waals surface area contributed by atoms with Crippen molar-refractivity contribution in [1.82, 2.24) is 24.9 Å². The molecule has 1 aliphatic heterocycles. The lowest BCUT2D eigenvalue weighted by molar-refractivity contribution is 0.202. The third-order valence-corrected chi connectivity index (χ3v) is 6.30. The van der Waals surface area contributed by atoms with Crippen molar-refractivity contribution in [3.05, 3.63) is 90.0 Å². The number of hydrogen-bond acceptors (Lipinski definition) is 6. The fourth-order valence-corrected chi connectivity index (χ4v) is 4.58. The number of hydrogen-bond donors (Lipinski definition) is 2. The van der Waals surface area contributed by atoms with Gasteiger partial charge in [-0.25, -0.2) is 4.68 Å². The minimum Gasteiger partial charge on any atom is -0.508 e. The summed E-state index contributed by atoms with van der Waals surface area (Å²) in [6.45, 7) is 3.23. The van der Waals surface area contributed by atoms with E-state index in [2.05, 4.69) is 26.3 Å². The molecule has 2 aromatic carbocycles. The van der Waals surface area contributed by atoms with Crippen LogP contribution in [0.1, 0.15) is 35.7 Å². The van der Waals surface area contributed by atoms with Gasteiger partial charge in [-0.15, -0.1) is 5.10 Å². The van der Waals surface area contributed by atoms with Gasteiger partial charge in [0, 0.05) is 23.9 Å². The van der Waals surface area contributed by atoms with Gasteiger partial charge in [-0.3, -0.25) is 9.88 Å². The van der Waals surface area contributed by atoms with E-state index in [4.69, 9.17) is 0 Å². The molecule has 0 unspecified atom stereocenters. The highest BCUT2D eigenvalue weighted by atomic mass is 16.3. The number of nitrogens with zero attached hydrogens (tertiary/aromatic N) is 5. The van der Waals surface area contributed by atoms with E-state index in [9.17, 15) is 10.2 Å². The molecule has 7 heteroatoms. The highest BCUT2D eigenvalue weighted by Crippen LogP contribution is 2.31.